The first-order chi connectivity index (χ1) is 9.95. The van der Waals surface area contributed by atoms with Crippen LogP contribution in [0.2, 0.25) is 0 Å². The molecule has 2 rings (SSSR count). The van der Waals surface area contributed by atoms with Crippen LogP contribution in [0.1, 0.15) is 20.8 Å². The van der Waals surface area contributed by atoms with Gasteiger partial charge in [0.15, 0.2) is 0 Å². The Morgan fingerprint density at radius 2 is 2.14 bits per heavy atom. The lowest BCUT2D eigenvalue weighted by molar-refractivity contribution is 0.218. The molecule has 0 aliphatic rings. The summed E-state index contributed by atoms with van der Waals surface area (Å²) in [5.74, 6) is 0.533. The van der Waals surface area contributed by atoms with Crippen LogP contribution in [-0.2, 0) is 6.54 Å². The molecule has 0 radical (unpaired) electrons. The fourth-order valence-corrected chi connectivity index (χ4v) is 1.89. The van der Waals surface area contributed by atoms with E-state index in [-0.39, 0.29) is 17.5 Å². The first-order valence-electron chi connectivity index (χ1n) is 6.89. The molecule has 0 spiro atoms. The van der Waals surface area contributed by atoms with Gasteiger partial charge in [0.1, 0.15) is 5.82 Å². The maximum atomic E-state index is 12.1. The van der Waals surface area contributed by atoms with Crippen molar-refractivity contribution in [2.24, 2.45) is 5.41 Å². The molecule has 0 fully saturated rings. The summed E-state index contributed by atoms with van der Waals surface area (Å²) in [5.41, 5.74) is -0.0777. The van der Waals surface area contributed by atoms with Crippen molar-refractivity contribution in [2.75, 3.05) is 5.32 Å². The molecule has 21 heavy (non-hydrogen) atoms. The monoisotopic (exact) mass is 287 g/mol. The molecule has 0 saturated carbocycles. The summed E-state index contributed by atoms with van der Waals surface area (Å²) in [5, 5.41) is 5.74. The van der Waals surface area contributed by atoms with Crippen molar-refractivity contribution in [1.29, 1.82) is 0 Å². The Morgan fingerprint density at radius 3 is 2.71 bits per heavy atom. The van der Waals surface area contributed by atoms with Gasteiger partial charge in [0.05, 0.1) is 12.4 Å². The number of aromatic nitrogens is 3. The Kier molecular flexibility index (Phi) is 4.57. The maximum Gasteiger partial charge on any atom is 0.320 e. The summed E-state index contributed by atoms with van der Waals surface area (Å²) in [4.78, 5) is 20.2. The fourth-order valence-electron chi connectivity index (χ4n) is 1.89. The molecular weight excluding hydrogens is 266 g/mol. The maximum absolute atomic E-state index is 12.1. The number of nitrogens with one attached hydrogen (secondary N) is 2. The number of rotatable bonds is 4. The lowest BCUT2D eigenvalue weighted by Crippen LogP contribution is -2.47. The van der Waals surface area contributed by atoms with Gasteiger partial charge in [-0.3, -0.25) is 5.32 Å². The molecule has 0 bridgehead atoms. The van der Waals surface area contributed by atoms with Crippen LogP contribution < -0.4 is 10.6 Å². The highest BCUT2D eigenvalue weighted by Crippen LogP contribution is 2.20. The lowest BCUT2D eigenvalue weighted by Gasteiger charge is -2.31. The van der Waals surface area contributed by atoms with Crippen LogP contribution in [0.25, 0.3) is 0 Å². The fraction of sp³-hybridized carbons (Fsp3) is 0.400. The number of anilines is 1. The second-order valence-electron chi connectivity index (χ2n) is 5.99. The number of pyridine rings is 1. The van der Waals surface area contributed by atoms with E-state index in [1.165, 1.54) is 0 Å². The predicted molar refractivity (Wildman–Crippen MR) is 81.9 cm³/mol. The van der Waals surface area contributed by atoms with Crippen molar-refractivity contribution < 1.29 is 4.79 Å². The average molecular weight is 287 g/mol. The summed E-state index contributed by atoms with van der Waals surface area (Å²) in [7, 11) is 0. The van der Waals surface area contributed by atoms with E-state index in [1.54, 1.807) is 30.9 Å². The van der Waals surface area contributed by atoms with Crippen molar-refractivity contribution in [3.8, 4) is 0 Å². The summed E-state index contributed by atoms with van der Waals surface area (Å²) in [6.45, 7) is 6.94. The minimum atomic E-state index is -0.256. The first-order valence-corrected chi connectivity index (χ1v) is 6.89. The van der Waals surface area contributed by atoms with Crippen molar-refractivity contribution in [2.45, 2.75) is 33.4 Å². The second-order valence-corrected chi connectivity index (χ2v) is 5.99. The zero-order valence-electron chi connectivity index (χ0n) is 12.6. The van der Waals surface area contributed by atoms with Gasteiger partial charge in [-0.2, -0.15) is 0 Å². The van der Waals surface area contributed by atoms with E-state index in [0.717, 1.165) is 0 Å². The number of hydrogen-bond acceptors (Lipinski definition) is 3. The molecular formula is C15H21N5O. The van der Waals surface area contributed by atoms with E-state index < -0.39 is 0 Å². The molecule has 2 heterocycles. The van der Waals surface area contributed by atoms with E-state index >= 15 is 0 Å². The molecule has 0 aliphatic carbocycles. The Morgan fingerprint density at radius 1 is 1.33 bits per heavy atom. The molecule has 2 N–H and O–H groups in total. The van der Waals surface area contributed by atoms with Gasteiger partial charge in [-0.1, -0.05) is 26.8 Å². The Bertz CT molecular complexity index is 560. The molecule has 0 saturated heterocycles. The van der Waals surface area contributed by atoms with E-state index in [4.69, 9.17) is 0 Å². The minimum Gasteiger partial charge on any atom is -0.335 e. The van der Waals surface area contributed by atoms with Crippen LogP contribution in [0.4, 0.5) is 10.6 Å². The molecule has 6 nitrogen and oxygen atoms in total. The topological polar surface area (TPSA) is 71.8 Å². The van der Waals surface area contributed by atoms with Gasteiger partial charge < -0.3 is 9.88 Å². The number of nitrogens with zero attached hydrogens (tertiary/aromatic N) is 3. The first kappa shape index (κ1) is 15.0. The van der Waals surface area contributed by atoms with Gasteiger partial charge in [0.25, 0.3) is 0 Å². The van der Waals surface area contributed by atoms with Gasteiger partial charge >= 0.3 is 6.03 Å². The van der Waals surface area contributed by atoms with Gasteiger partial charge in [-0.25, -0.2) is 14.8 Å². The van der Waals surface area contributed by atoms with Gasteiger partial charge in [-0.05, 0) is 17.5 Å². The normalized spacial score (nSPS) is 12.7. The van der Waals surface area contributed by atoms with Crippen LogP contribution in [0.3, 0.4) is 0 Å². The zero-order valence-corrected chi connectivity index (χ0v) is 12.6. The molecule has 0 aliphatic heterocycles. The van der Waals surface area contributed by atoms with E-state index in [9.17, 15) is 4.79 Å². The Hall–Kier alpha value is -2.37. The van der Waals surface area contributed by atoms with Crippen LogP contribution in [-0.4, -0.2) is 26.6 Å². The molecule has 112 valence electrons. The van der Waals surface area contributed by atoms with Crippen molar-refractivity contribution in [3.05, 3.63) is 43.1 Å². The van der Waals surface area contributed by atoms with Crippen LogP contribution in [0, 0.1) is 5.41 Å². The average Bonchev–Trinajstić information content (AvgIpc) is 2.91. The number of urea groups is 1. The van der Waals surface area contributed by atoms with Crippen LogP contribution >= 0.6 is 0 Å². The highest BCUT2D eigenvalue weighted by molar-refractivity contribution is 5.88. The summed E-state index contributed by atoms with van der Waals surface area (Å²) < 4.78 is 1.96. The number of carbonyl (C=O) groups excluding carboxylic acids is 1. The standard InChI is InChI=1S/C15H21N5O/c1-15(2,3)12(10-20-9-8-16-11-20)18-14(21)19-13-6-4-5-7-17-13/h4-9,11-12H,10H2,1-3H3,(H2,17,18,19,21). The molecule has 6 heteroatoms. The van der Waals surface area contributed by atoms with E-state index in [1.807, 2.05) is 16.8 Å². The predicted octanol–water partition coefficient (Wildman–Crippen LogP) is 2.51. The second kappa shape index (κ2) is 6.39. The lowest BCUT2D eigenvalue weighted by atomic mass is 9.86. The Labute approximate surface area is 124 Å². The number of carbonyl (C=O) groups is 1. The summed E-state index contributed by atoms with van der Waals surface area (Å²) in [6, 6.07) is 5.10. The third-order valence-electron chi connectivity index (χ3n) is 3.21. The third kappa shape index (κ3) is 4.59. The quantitative estimate of drug-likeness (QED) is 0.907. The zero-order chi connectivity index (χ0) is 15.3. The van der Waals surface area contributed by atoms with Gasteiger partial charge in [-0.15, -0.1) is 0 Å². The van der Waals surface area contributed by atoms with Crippen molar-refractivity contribution >= 4 is 11.8 Å². The van der Waals surface area contributed by atoms with E-state index in [0.29, 0.717) is 12.4 Å². The molecule has 0 aromatic carbocycles. The number of hydrogen-bond donors (Lipinski definition) is 2. The van der Waals surface area contributed by atoms with Crippen molar-refractivity contribution in [3.63, 3.8) is 0 Å². The molecule has 1 atom stereocenters. The largest absolute Gasteiger partial charge is 0.335 e. The minimum absolute atomic E-state index is 0.0320. The van der Waals surface area contributed by atoms with Gasteiger partial charge in [0.2, 0.25) is 0 Å². The smallest absolute Gasteiger partial charge is 0.320 e. The highest BCUT2D eigenvalue weighted by Gasteiger charge is 2.26. The molecule has 1 unspecified atom stereocenters. The van der Waals surface area contributed by atoms with E-state index in [2.05, 4.69) is 41.4 Å². The third-order valence-corrected chi connectivity index (χ3v) is 3.21. The summed E-state index contributed by atoms with van der Waals surface area (Å²) >= 11 is 0. The Balaban J connectivity index is 2.00. The van der Waals surface area contributed by atoms with Crippen molar-refractivity contribution in [1.82, 2.24) is 19.9 Å². The molecule has 2 aromatic rings. The number of amides is 2. The van der Waals surface area contributed by atoms with Crippen LogP contribution in [0.5, 0.6) is 0 Å². The summed E-state index contributed by atoms with van der Waals surface area (Å²) in [6.07, 6.45) is 7.00. The molecule has 2 aromatic heterocycles. The number of imidazole rings is 1. The van der Waals surface area contributed by atoms with Crippen LogP contribution in [0.15, 0.2) is 43.1 Å². The molecule has 2 amide bonds. The SMILES string of the molecule is CC(C)(C)C(Cn1ccnc1)NC(=O)Nc1ccccn1. The van der Waals surface area contributed by atoms with Gasteiger partial charge in [0, 0.05) is 25.1 Å². The highest BCUT2D eigenvalue weighted by atomic mass is 16.2.